The lowest BCUT2D eigenvalue weighted by molar-refractivity contribution is 0.0954. The quantitative estimate of drug-likeness (QED) is 0.385. The van der Waals surface area contributed by atoms with Gasteiger partial charge in [0.05, 0.1) is 23.4 Å². The molecule has 3 aromatic carbocycles. The van der Waals surface area contributed by atoms with Crippen LogP contribution in [0.1, 0.15) is 33.2 Å². The Labute approximate surface area is 189 Å². The Morgan fingerprint density at radius 3 is 2.32 bits per heavy atom. The minimum atomic E-state index is -0.360. The number of nitrogens with one attached hydrogen (secondary N) is 2. The molecule has 0 unspecified atom stereocenters. The molecule has 2 N–H and O–H groups in total. The first-order valence-electron chi connectivity index (χ1n) is 9.23. The summed E-state index contributed by atoms with van der Waals surface area (Å²) in [6.07, 6.45) is 0. The second-order valence-corrected chi connectivity index (χ2v) is 7.37. The molecule has 0 atom stereocenters. The van der Waals surface area contributed by atoms with Gasteiger partial charge in [-0.25, -0.2) is 5.43 Å². The van der Waals surface area contributed by atoms with Gasteiger partial charge < -0.3 is 10.1 Å². The Kier molecular flexibility index (Phi) is 7.28. The second-order valence-electron chi connectivity index (χ2n) is 6.53. The summed E-state index contributed by atoms with van der Waals surface area (Å²) in [4.78, 5) is 24.8. The molecule has 0 aliphatic heterocycles. The van der Waals surface area contributed by atoms with Gasteiger partial charge in [-0.15, -0.1) is 0 Å². The fourth-order valence-corrected chi connectivity index (χ4v) is 3.19. The Morgan fingerprint density at radius 2 is 1.65 bits per heavy atom. The molecule has 0 heterocycles. The highest BCUT2D eigenvalue weighted by molar-refractivity contribution is 6.37. The van der Waals surface area contributed by atoms with Gasteiger partial charge in [0.1, 0.15) is 5.75 Å². The largest absolute Gasteiger partial charge is 0.497 e. The Bertz CT molecular complexity index is 1150. The molecule has 6 nitrogen and oxygen atoms in total. The van der Waals surface area contributed by atoms with E-state index in [-0.39, 0.29) is 16.8 Å². The maximum atomic E-state index is 12.5. The number of benzene rings is 3. The van der Waals surface area contributed by atoms with E-state index in [0.717, 1.165) is 5.56 Å². The van der Waals surface area contributed by atoms with Crippen molar-refractivity contribution in [3.63, 3.8) is 0 Å². The summed E-state index contributed by atoms with van der Waals surface area (Å²) < 4.78 is 5.08. The summed E-state index contributed by atoms with van der Waals surface area (Å²) in [5, 5.41) is 7.66. The average molecular weight is 456 g/mol. The zero-order valence-corrected chi connectivity index (χ0v) is 18.3. The molecule has 0 aromatic heterocycles. The van der Waals surface area contributed by atoms with Crippen LogP contribution in [0.25, 0.3) is 0 Å². The molecule has 3 aromatic rings. The standard InChI is InChI=1S/C23H19Cl2N3O3/c1-14(27-28-22(29)15-6-9-19(31-2)10-7-15)16-4-3-5-18(12-16)26-23(30)20-11-8-17(24)13-21(20)25/h3-13H,1-2H3,(H,26,30)(H,28,29)/b27-14-. The summed E-state index contributed by atoms with van der Waals surface area (Å²) in [5.74, 6) is -0.0416. The van der Waals surface area contributed by atoms with Gasteiger partial charge in [-0.3, -0.25) is 9.59 Å². The molecule has 0 fully saturated rings. The number of amides is 2. The first kappa shape index (κ1) is 22.3. The van der Waals surface area contributed by atoms with E-state index in [2.05, 4.69) is 15.8 Å². The monoisotopic (exact) mass is 455 g/mol. The SMILES string of the molecule is COc1ccc(C(=O)N/N=C(/C)c2cccc(NC(=O)c3ccc(Cl)cc3Cl)c2)cc1. The van der Waals surface area contributed by atoms with Gasteiger partial charge in [0.25, 0.3) is 11.8 Å². The topological polar surface area (TPSA) is 79.8 Å². The minimum Gasteiger partial charge on any atom is -0.497 e. The van der Waals surface area contributed by atoms with Crippen LogP contribution in [-0.2, 0) is 0 Å². The fraction of sp³-hybridized carbons (Fsp3) is 0.0870. The van der Waals surface area contributed by atoms with E-state index in [4.69, 9.17) is 27.9 Å². The highest BCUT2D eigenvalue weighted by Gasteiger charge is 2.12. The van der Waals surface area contributed by atoms with Crippen LogP contribution in [0.2, 0.25) is 10.0 Å². The number of hydrogen-bond donors (Lipinski definition) is 2. The Morgan fingerprint density at radius 1 is 0.903 bits per heavy atom. The van der Waals surface area contributed by atoms with Crippen LogP contribution in [0.5, 0.6) is 5.75 Å². The maximum absolute atomic E-state index is 12.5. The Balaban J connectivity index is 1.69. The highest BCUT2D eigenvalue weighted by atomic mass is 35.5. The molecule has 0 bridgehead atoms. The number of hydrogen-bond acceptors (Lipinski definition) is 4. The van der Waals surface area contributed by atoms with Crippen molar-refractivity contribution in [2.24, 2.45) is 5.10 Å². The third kappa shape index (κ3) is 5.84. The smallest absolute Gasteiger partial charge is 0.271 e. The normalized spacial score (nSPS) is 11.0. The lowest BCUT2D eigenvalue weighted by Gasteiger charge is -2.09. The third-order valence-corrected chi connectivity index (χ3v) is 4.94. The number of halogens is 2. The summed E-state index contributed by atoms with van der Waals surface area (Å²) in [6, 6.07) is 18.5. The Hall–Kier alpha value is -3.35. The number of ether oxygens (including phenoxy) is 1. The van der Waals surface area contributed by atoms with Gasteiger partial charge in [0.2, 0.25) is 0 Å². The number of carbonyl (C=O) groups is 2. The maximum Gasteiger partial charge on any atom is 0.271 e. The molecular formula is C23H19Cl2N3O3. The van der Waals surface area contributed by atoms with E-state index in [1.807, 2.05) is 6.07 Å². The number of anilines is 1. The van der Waals surface area contributed by atoms with E-state index >= 15 is 0 Å². The van der Waals surface area contributed by atoms with Gasteiger partial charge in [0, 0.05) is 16.3 Å². The zero-order chi connectivity index (χ0) is 22.4. The third-order valence-electron chi connectivity index (χ3n) is 4.39. The van der Waals surface area contributed by atoms with Crippen molar-refractivity contribution >= 4 is 46.4 Å². The minimum absolute atomic E-state index is 0.264. The highest BCUT2D eigenvalue weighted by Crippen LogP contribution is 2.22. The molecule has 0 saturated heterocycles. The summed E-state index contributed by atoms with van der Waals surface area (Å²) >= 11 is 12.0. The van der Waals surface area contributed by atoms with Gasteiger partial charge in [0.15, 0.2) is 0 Å². The van der Waals surface area contributed by atoms with E-state index < -0.39 is 0 Å². The van der Waals surface area contributed by atoms with E-state index in [9.17, 15) is 9.59 Å². The number of rotatable bonds is 6. The fourth-order valence-electron chi connectivity index (χ4n) is 2.70. The lowest BCUT2D eigenvalue weighted by Crippen LogP contribution is -2.19. The van der Waals surface area contributed by atoms with Crippen LogP contribution in [0.15, 0.2) is 71.8 Å². The number of methoxy groups -OCH3 is 1. The number of hydrazone groups is 1. The summed E-state index contributed by atoms with van der Waals surface area (Å²) in [6.45, 7) is 1.76. The molecule has 0 aliphatic rings. The lowest BCUT2D eigenvalue weighted by atomic mass is 10.1. The zero-order valence-electron chi connectivity index (χ0n) is 16.8. The van der Waals surface area contributed by atoms with Crippen LogP contribution in [0.4, 0.5) is 5.69 Å². The van der Waals surface area contributed by atoms with E-state index in [0.29, 0.717) is 33.3 Å². The van der Waals surface area contributed by atoms with Crippen LogP contribution < -0.4 is 15.5 Å². The molecule has 31 heavy (non-hydrogen) atoms. The molecule has 158 valence electrons. The van der Waals surface area contributed by atoms with Gasteiger partial charge in [-0.1, -0.05) is 35.3 Å². The second kappa shape index (κ2) is 10.1. The molecule has 3 rings (SSSR count). The van der Waals surface area contributed by atoms with E-state index in [1.165, 1.54) is 6.07 Å². The predicted molar refractivity (Wildman–Crippen MR) is 124 cm³/mol. The summed E-state index contributed by atoms with van der Waals surface area (Å²) in [7, 11) is 1.56. The van der Waals surface area contributed by atoms with Gasteiger partial charge in [-0.2, -0.15) is 5.10 Å². The average Bonchev–Trinajstić information content (AvgIpc) is 2.77. The molecule has 2 amide bonds. The van der Waals surface area contributed by atoms with Crippen LogP contribution in [-0.4, -0.2) is 24.6 Å². The van der Waals surface area contributed by atoms with Crippen LogP contribution in [0.3, 0.4) is 0 Å². The molecule has 0 saturated carbocycles. The van der Waals surface area contributed by atoms with Crippen molar-refractivity contribution < 1.29 is 14.3 Å². The number of nitrogens with zero attached hydrogens (tertiary/aromatic N) is 1. The molecule has 0 aliphatic carbocycles. The summed E-state index contributed by atoms with van der Waals surface area (Å²) in [5.41, 5.74) is 5.16. The van der Waals surface area contributed by atoms with Crippen LogP contribution in [0, 0.1) is 0 Å². The van der Waals surface area contributed by atoms with Crippen molar-refractivity contribution in [2.75, 3.05) is 12.4 Å². The molecular weight excluding hydrogens is 437 g/mol. The van der Waals surface area contributed by atoms with Crippen molar-refractivity contribution in [1.82, 2.24) is 5.43 Å². The van der Waals surface area contributed by atoms with Gasteiger partial charge >= 0.3 is 0 Å². The van der Waals surface area contributed by atoms with Crippen molar-refractivity contribution in [3.8, 4) is 5.75 Å². The molecule has 0 spiro atoms. The number of carbonyl (C=O) groups excluding carboxylic acids is 2. The first-order chi connectivity index (χ1) is 14.9. The van der Waals surface area contributed by atoms with Crippen molar-refractivity contribution in [2.45, 2.75) is 6.92 Å². The molecule has 0 radical (unpaired) electrons. The molecule has 8 heteroatoms. The van der Waals surface area contributed by atoms with Crippen molar-refractivity contribution in [1.29, 1.82) is 0 Å². The van der Waals surface area contributed by atoms with Crippen LogP contribution >= 0.6 is 23.2 Å². The van der Waals surface area contributed by atoms with Crippen molar-refractivity contribution in [3.05, 3.63) is 93.5 Å². The predicted octanol–water partition coefficient (Wildman–Crippen LogP) is 5.41. The van der Waals surface area contributed by atoms with Gasteiger partial charge in [-0.05, 0) is 67.1 Å². The van der Waals surface area contributed by atoms with E-state index in [1.54, 1.807) is 68.6 Å². The first-order valence-corrected chi connectivity index (χ1v) is 9.98.